The van der Waals surface area contributed by atoms with Gasteiger partial charge in [0, 0.05) is 36.8 Å². The molecular weight excluding hydrogens is 423 g/mol. The van der Waals surface area contributed by atoms with Crippen molar-refractivity contribution >= 4 is 34.5 Å². The summed E-state index contributed by atoms with van der Waals surface area (Å²) in [6.45, 7) is 0. The highest BCUT2D eigenvalue weighted by Gasteiger charge is 2.43. The second-order valence-corrected chi connectivity index (χ2v) is 7.28. The summed E-state index contributed by atoms with van der Waals surface area (Å²) in [6.07, 6.45) is -2.94. The molecule has 1 aliphatic rings. The highest BCUT2D eigenvalue weighted by molar-refractivity contribution is 6.29. The Morgan fingerprint density at radius 3 is 2.16 bits per heavy atom. The number of hydrogen-bond donors (Lipinski definition) is 0. The molecule has 0 saturated carbocycles. The molecule has 0 saturated heterocycles. The summed E-state index contributed by atoms with van der Waals surface area (Å²) >= 11 is 0. The minimum atomic E-state index is -5.10. The number of hydrazine groups is 1. The molecule has 0 unspecified atom stereocenters. The van der Waals surface area contributed by atoms with Crippen LogP contribution in [0.15, 0.2) is 54.7 Å². The van der Waals surface area contributed by atoms with Crippen molar-refractivity contribution < 1.29 is 27.6 Å². The predicted octanol–water partition coefficient (Wildman–Crippen LogP) is 3.85. The minimum absolute atomic E-state index is 0.0122. The van der Waals surface area contributed by atoms with Gasteiger partial charge in [-0.15, -0.1) is 0 Å². The third kappa shape index (κ3) is 3.46. The van der Waals surface area contributed by atoms with Crippen molar-refractivity contribution in [3.8, 4) is 0 Å². The summed E-state index contributed by atoms with van der Waals surface area (Å²) in [6, 6.07) is 12.9. The molecule has 1 aliphatic carbocycles. The first-order valence-electron chi connectivity index (χ1n) is 9.48. The molecule has 0 radical (unpaired) electrons. The summed E-state index contributed by atoms with van der Waals surface area (Å²) in [5.41, 5.74) is 0.912. The van der Waals surface area contributed by atoms with Crippen molar-refractivity contribution in [2.45, 2.75) is 6.18 Å². The third-order valence-electron chi connectivity index (χ3n) is 5.05. The smallest absolute Gasteiger partial charge is 0.288 e. The molecule has 1 aromatic heterocycles. The lowest BCUT2D eigenvalue weighted by Crippen LogP contribution is -2.45. The summed E-state index contributed by atoms with van der Waals surface area (Å²) < 4.78 is 39.1. The molecule has 0 atom stereocenters. The first-order chi connectivity index (χ1) is 15.1. The Hall–Kier alpha value is -3.85. The molecule has 0 N–H and O–H groups in total. The SMILES string of the molecule is CN(C)N(/C=C/c1c2c(nc3ccccc13)C(=O)c1ccccc1C2=O)C(=O)C(F)(F)F. The van der Waals surface area contributed by atoms with Gasteiger partial charge in [-0.25, -0.2) is 15.0 Å². The molecule has 1 amide bonds. The van der Waals surface area contributed by atoms with E-state index in [1.165, 1.54) is 32.3 Å². The number of alkyl halides is 3. The number of pyridine rings is 1. The number of rotatable bonds is 3. The van der Waals surface area contributed by atoms with E-state index in [0.717, 1.165) is 11.2 Å². The highest BCUT2D eigenvalue weighted by Crippen LogP contribution is 2.33. The summed E-state index contributed by atoms with van der Waals surface area (Å²) in [5.74, 6) is -3.02. The zero-order valence-electron chi connectivity index (χ0n) is 17.0. The van der Waals surface area contributed by atoms with Crippen LogP contribution in [-0.4, -0.2) is 52.7 Å². The van der Waals surface area contributed by atoms with E-state index in [2.05, 4.69) is 4.98 Å². The largest absolute Gasteiger partial charge is 0.473 e. The van der Waals surface area contributed by atoms with E-state index in [0.29, 0.717) is 15.9 Å². The average molecular weight is 439 g/mol. The normalized spacial score (nSPS) is 13.6. The Kier molecular flexibility index (Phi) is 5.14. The molecule has 9 heteroatoms. The molecule has 4 rings (SSSR count). The fourth-order valence-electron chi connectivity index (χ4n) is 3.60. The van der Waals surface area contributed by atoms with Gasteiger partial charge < -0.3 is 0 Å². The van der Waals surface area contributed by atoms with E-state index in [-0.39, 0.29) is 27.9 Å². The number of hydrogen-bond acceptors (Lipinski definition) is 5. The number of nitrogens with zero attached hydrogens (tertiary/aromatic N) is 3. The molecule has 0 fully saturated rings. The van der Waals surface area contributed by atoms with E-state index in [1.807, 2.05) is 0 Å². The van der Waals surface area contributed by atoms with Crippen molar-refractivity contribution in [3.63, 3.8) is 0 Å². The predicted molar refractivity (Wildman–Crippen MR) is 111 cm³/mol. The molecule has 0 aliphatic heterocycles. The zero-order chi connectivity index (χ0) is 23.2. The molecule has 2 aromatic carbocycles. The average Bonchev–Trinajstić information content (AvgIpc) is 2.76. The number of ketones is 2. The van der Waals surface area contributed by atoms with Crippen molar-refractivity contribution in [1.82, 2.24) is 15.0 Å². The maximum absolute atomic E-state index is 13.3. The quantitative estimate of drug-likeness (QED) is 0.454. The lowest BCUT2D eigenvalue weighted by molar-refractivity contribution is -0.193. The van der Waals surface area contributed by atoms with Crippen LogP contribution in [0.2, 0.25) is 0 Å². The number of carbonyl (C=O) groups excluding carboxylic acids is 3. The topological polar surface area (TPSA) is 70.6 Å². The lowest BCUT2D eigenvalue weighted by Gasteiger charge is -2.26. The number of fused-ring (bicyclic) bond motifs is 3. The van der Waals surface area contributed by atoms with Crippen molar-refractivity contribution in [2.75, 3.05) is 14.1 Å². The Morgan fingerprint density at radius 2 is 1.53 bits per heavy atom. The van der Waals surface area contributed by atoms with Crippen LogP contribution < -0.4 is 0 Å². The lowest BCUT2D eigenvalue weighted by atomic mass is 9.83. The van der Waals surface area contributed by atoms with Crippen molar-refractivity contribution in [2.24, 2.45) is 0 Å². The molecule has 0 spiro atoms. The van der Waals surface area contributed by atoms with Crippen molar-refractivity contribution in [1.29, 1.82) is 0 Å². The van der Waals surface area contributed by atoms with E-state index >= 15 is 0 Å². The van der Waals surface area contributed by atoms with Gasteiger partial charge in [0.05, 0.1) is 11.1 Å². The van der Waals surface area contributed by atoms with E-state index in [1.54, 1.807) is 36.4 Å². The maximum atomic E-state index is 13.3. The minimum Gasteiger partial charge on any atom is -0.288 e. The summed E-state index contributed by atoms with van der Waals surface area (Å²) in [5, 5.41) is 1.80. The number of carbonyl (C=O) groups is 3. The molecule has 3 aromatic rings. The van der Waals surface area contributed by atoms with Gasteiger partial charge in [0.25, 0.3) is 0 Å². The van der Waals surface area contributed by atoms with E-state index < -0.39 is 23.6 Å². The molecule has 1 heterocycles. The molecule has 32 heavy (non-hydrogen) atoms. The zero-order valence-corrected chi connectivity index (χ0v) is 17.0. The number of aromatic nitrogens is 1. The van der Waals surface area contributed by atoms with Gasteiger partial charge >= 0.3 is 12.1 Å². The van der Waals surface area contributed by atoms with Crippen LogP contribution in [0.25, 0.3) is 17.0 Å². The number of benzene rings is 2. The maximum Gasteiger partial charge on any atom is 0.473 e. The number of halogens is 3. The fraction of sp³-hybridized carbons (Fsp3) is 0.130. The third-order valence-corrected chi connectivity index (χ3v) is 5.05. The van der Waals surface area contributed by atoms with Crippen LogP contribution in [-0.2, 0) is 4.79 Å². The first kappa shape index (κ1) is 21.4. The van der Waals surface area contributed by atoms with E-state index in [9.17, 15) is 27.6 Å². The van der Waals surface area contributed by atoms with Gasteiger partial charge in [-0.1, -0.05) is 42.5 Å². The van der Waals surface area contributed by atoms with Crippen LogP contribution in [0.1, 0.15) is 37.5 Å². The van der Waals surface area contributed by atoms with Gasteiger partial charge in [-0.3, -0.25) is 14.4 Å². The van der Waals surface area contributed by atoms with Gasteiger partial charge in [0.1, 0.15) is 5.69 Å². The highest BCUT2D eigenvalue weighted by atomic mass is 19.4. The number of para-hydroxylation sites is 1. The second kappa shape index (κ2) is 7.69. The van der Waals surface area contributed by atoms with Crippen LogP contribution in [0, 0.1) is 0 Å². The monoisotopic (exact) mass is 439 g/mol. The van der Waals surface area contributed by atoms with Crippen LogP contribution in [0.5, 0.6) is 0 Å². The van der Waals surface area contributed by atoms with E-state index in [4.69, 9.17) is 0 Å². The molecule has 0 bridgehead atoms. The first-order valence-corrected chi connectivity index (χ1v) is 9.48. The number of amides is 1. The molecule has 6 nitrogen and oxygen atoms in total. The fourth-order valence-corrected chi connectivity index (χ4v) is 3.60. The molecule has 162 valence electrons. The van der Waals surface area contributed by atoms with Gasteiger partial charge in [-0.2, -0.15) is 13.2 Å². The molecular formula is C23H16F3N3O3. The standard InChI is InChI=1S/C23H16F3N3O3/c1-28(2)29(22(32)23(24,25)26)12-11-14-13-7-5-6-10-17(13)27-19-18(14)20(30)15-8-3-4-9-16(15)21(19)31/h3-12H,1-2H3/b12-11+. The van der Waals surface area contributed by atoms with Crippen LogP contribution in [0.3, 0.4) is 0 Å². The summed E-state index contributed by atoms with van der Waals surface area (Å²) in [4.78, 5) is 42.6. The Morgan fingerprint density at radius 1 is 0.938 bits per heavy atom. The Labute approximate surface area is 180 Å². The second-order valence-electron chi connectivity index (χ2n) is 7.28. The Balaban J connectivity index is 1.96. The summed E-state index contributed by atoms with van der Waals surface area (Å²) in [7, 11) is 2.55. The van der Waals surface area contributed by atoms with Gasteiger partial charge in [-0.05, 0) is 17.7 Å². The Bertz CT molecular complexity index is 1310. The van der Waals surface area contributed by atoms with Crippen LogP contribution >= 0.6 is 0 Å². The van der Waals surface area contributed by atoms with Gasteiger partial charge in [0.15, 0.2) is 5.78 Å². The van der Waals surface area contributed by atoms with Crippen molar-refractivity contribution in [3.05, 3.63) is 82.7 Å². The van der Waals surface area contributed by atoms with Gasteiger partial charge in [0.2, 0.25) is 5.78 Å². The van der Waals surface area contributed by atoms with Crippen LogP contribution in [0.4, 0.5) is 13.2 Å².